The van der Waals surface area contributed by atoms with Crippen molar-refractivity contribution < 1.29 is 5.11 Å². The third-order valence-corrected chi connectivity index (χ3v) is 2.36. The Kier molecular flexibility index (Phi) is 3.16. The molecule has 1 aromatic heterocycles. The lowest BCUT2D eigenvalue weighted by Crippen LogP contribution is -2.07. The summed E-state index contributed by atoms with van der Waals surface area (Å²) in [6.07, 6.45) is 6.11. The van der Waals surface area contributed by atoms with Gasteiger partial charge in [-0.05, 0) is 43.4 Å². The van der Waals surface area contributed by atoms with E-state index in [0.29, 0.717) is 0 Å². The number of allylic oxidation sites excluding steroid dienone is 1. The molecule has 1 N–H and O–H groups in total. The van der Waals surface area contributed by atoms with E-state index >= 15 is 0 Å². The Morgan fingerprint density at radius 1 is 1.33 bits per heavy atom. The lowest BCUT2D eigenvalue weighted by molar-refractivity contribution is 0.203. The molecule has 1 aliphatic rings. The van der Waals surface area contributed by atoms with Crippen LogP contribution in [0.5, 0.6) is 0 Å². The van der Waals surface area contributed by atoms with Crippen molar-refractivity contribution in [2.75, 3.05) is 0 Å². The Hall–Kier alpha value is -1.59. The summed E-state index contributed by atoms with van der Waals surface area (Å²) >= 11 is 0. The summed E-state index contributed by atoms with van der Waals surface area (Å²) in [5.41, 5.74) is 1.80. The van der Waals surface area contributed by atoms with Gasteiger partial charge in [0.25, 0.3) is 0 Å². The smallest absolute Gasteiger partial charge is 0.113 e. The van der Waals surface area contributed by atoms with Gasteiger partial charge in [-0.25, -0.2) is 4.98 Å². The van der Waals surface area contributed by atoms with Gasteiger partial charge in [0.15, 0.2) is 0 Å². The summed E-state index contributed by atoms with van der Waals surface area (Å²) in [7, 11) is 0. The Morgan fingerprint density at radius 2 is 2.27 bits per heavy atom. The van der Waals surface area contributed by atoms with Crippen molar-refractivity contribution in [3.63, 3.8) is 0 Å². The zero-order valence-corrected chi connectivity index (χ0v) is 8.48. The maximum atomic E-state index is 9.42. The van der Waals surface area contributed by atoms with Gasteiger partial charge in [-0.1, -0.05) is 12.0 Å². The SMILES string of the molecule is OC1C=C(C#Cc2ccccn2)CCC1. The molecule has 2 heteroatoms. The lowest BCUT2D eigenvalue weighted by atomic mass is 9.98. The molecule has 1 heterocycles. The minimum absolute atomic E-state index is 0.313. The highest BCUT2D eigenvalue weighted by Gasteiger charge is 2.08. The number of hydrogen-bond donors (Lipinski definition) is 1. The molecule has 0 amide bonds. The molecular formula is C13H13NO. The lowest BCUT2D eigenvalue weighted by Gasteiger charge is -2.12. The maximum absolute atomic E-state index is 9.42. The highest BCUT2D eigenvalue weighted by Crippen LogP contribution is 2.16. The van der Waals surface area contributed by atoms with E-state index in [1.165, 1.54) is 0 Å². The van der Waals surface area contributed by atoms with Crippen LogP contribution < -0.4 is 0 Å². The van der Waals surface area contributed by atoms with Crippen LogP contribution in [0.15, 0.2) is 36.0 Å². The van der Waals surface area contributed by atoms with E-state index < -0.39 is 0 Å². The molecule has 1 aromatic rings. The van der Waals surface area contributed by atoms with Crippen molar-refractivity contribution >= 4 is 0 Å². The fourth-order valence-electron chi connectivity index (χ4n) is 1.59. The molecule has 2 rings (SSSR count). The largest absolute Gasteiger partial charge is 0.389 e. The van der Waals surface area contributed by atoms with E-state index in [4.69, 9.17) is 0 Å². The van der Waals surface area contributed by atoms with Crippen LogP contribution in [-0.2, 0) is 0 Å². The summed E-state index contributed by atoms with van der Waals surface area (Å²) in [6.45, 7) is 0. The average molecular weight is 199 g/mol. The molecule has 0 spiro atoms. The zero-order valence-electron chi connectivity index (χ0n) is 8.48. The fraction of sp³-hybridized carbons (Fsp3) is 0.308. The summed E-state index contributed by atoms with van der Waals surface area (Å²) in [4.78, 5) is 4.12. The summed E-state index contributed by atoms with van der Waals surface area (Å²) < 4.78 is 0. The first-order valence-electron chi connectivity index (χ1n) is 5.16. The molecule has 0 aliphatic heterocycles. The molecule has 0 bridgehead atoms. The maximum Gasteiger partial charge on any atom is 0.113 e. The fourth-order valence-corrected chi connectivity index (χ4v) is 1.59. The number of nitrogens with zero attached hydrogens (tertiary/aromatic N) is 1. The Morgan fingerprint density at radius 3 is 3.00 bits per heavy atom. The first-order chi connectivity index (χ1) is 7.34. The van der Waals surface area contributed by atoms with Gasteiger partial charge in [-0.15, -0.1) is 0 Å². The van der Waals surface area contributed by atoms with Gasteiger partial charge in [-0.2, -0.15) is 0 Å². The number of aliphatic hydroxyl groups excluding tert-OH is 1. The highest BCUT2D eigenvalue weighted by atomic mass is 16.3. The highest BCUT2D eigenvalue weighted by molar-refractivity contribution is 5.38. The molecule has 2 nitrogen and oxygen atoms in total. The second kappa shape index (κ2) is 4.77. The van der Waals surface area contributed by atoms with Crippen molar-refractivity contribution in [1.82, 2.24) is 4.98 Å². The van der Waals surface area contributed by atoms with Crippen LogP contribution in [-0.4, -0.2) is 16.2 Å². The van der Waals surface area contributed by atoms with Crippen LogP contribution in [0.25, 0.3) is 0 Å². The van der Waals surface area contributed by atoms with Gasteiger partial charge in [0.1, 0.15) is 5.69 Å². The molecule has 0 fully saturated rings. The summed E-state index contributed by atoms with van der Waals surface area (Å²) in [5, 5.41) is 9.42. The van der Waals surface area contributed by atoms with Crippen LogP contribution in [0.2, 0.25) is 0 Å². The van der Waals surface area contributed by atoms with Crippen molar-refractivity contribution in [3.05, 3.63) is 41.7 Å². The Bertz CT molecular complexity index is 411. The van der Waals surface area contributed by atoms with Gasteiger partial charge in [0.2, 0.25) is 0 Å². The molecule has 0 saturated heterocycles. The number of aliphatic hydroxyl groups is 1. The van der Waals surface area contributed by atoms with Gasteiger partial charge in [0.05, 0.1) is 6.10 Å². The van der Waals surface area contributed by atoms with Crippen molar-refractivity contribution in [1.29, 1.82) is 0 Å². The predicted molar refractivity (Wildman–Crippen MR) is 59.1 cm³/mol. The molecule has 0 aromatic carbocycles. The van der Waals surface area contributed by atoms with Crippen LogP contribution >= 0.6 is 0 Å². The van der Waals surface area contributed by atoms with Crippen molar-refractivity contribution in [2.24, 2.45) is 0 Å². The molecular weight excluding hydrogens is 186 g/mol. The Labute approximate surface area is 89.7 Å². The summed E-state index contributed by atoms with van der Waals surface area (Å²) in [6, 6.07) is 5.67. The molecule has 0 radical (unpaired) electrons. The van der Waals surface area contributed by atoms with E-state index in [1.54, 1.807) is 6.20 Å². The zero-order chi connectivity index (χ0) is 10.5. The first kappa shape index (κ1) is 9.95. The van der Waals surface area contributed by atoms with E-state index in [-0.39, 0.29) is 6.10 Å². The molecule has 1 aliphatic carbocycles. The van der Waals surface area contributed by atoms with Crippen LogP contribution in [0, 0.1) is 11.8 Å². The molecule has 0 saturated carbocycles. The van der Waals surface area contributed by atoms with E-state index in [9.17, 15) is 5.11 Å². The minimum atomic E-state index is -0.313. The monoisotopic (exact) mass is 199 g/mol. The van der Waals surface area contributed by atoms with Crippen LogP contribution in [0.3, 0.4) is 0 Å². The van der Waals surface area contributed by atoms with E-state index in [0.717, 1.165) is 30.5 Å². The Balaban J connectivity index is 2.12. The number of rotatable bonds is 0. The number of pyridine rings is 1. The number of aromatic nitrogens is 1. The van der Waals surface area contributed by atoms with Gasteiger partial charge < -0.3 is 5.11 Å². The standard InChI is InChI=1S/C13H13NO/c15-13-6-3-4-11(10-13)7-8-12-5-1-2-9-14-12/h1-2,5,9-10,13,15H,3-4,6H2. The van der Waals surface area contributed by atoms with Gasteiger partial charge >= 0.3 is 0 Å². The van der Waals surface area contributed by atoms with Crippen LogP contribution in [0.1, 0.15) is 25.0 Å². The summed E-state index contributed by atoms with van der Waals surface area (Å²) in [5.74, 6) is 6.05. The van der Waals surface area contributed by atoms with E-state index in [1.807, 2.05) is 24.3 Å². The van der Waals surface area contributed by atoms with Gasteiger partial charge in [0, 0.05) is 11.8 Å². The molecule has 1 unspecified atom stereocenters. The second-order valence-electron chi connectivity index (χ2n) is 3.62. The predicted octanol–water partition coefficient (Wildman–Crippen LogP) is 1.90. The third kappa shape index (κ3) is 2.93. The molecule has 1 atom stereocenters. The van der Waals surface area contributed by atoms with Crippen LogP contribution in [0.4, 0.5) is 0 Å². The normalized spacial score (nSPS) is 20.1. The quantitative estimate of drug-likeness (QED) is 0.647. The third-order valence-electron chi connectivity index (χ3n) is 2.36. The molecule has 76 valence electrons. The minimum Gasteiger partial charge on any atom is -0.389 e. The van der Waals surface area contributed by atoms with Crippen molar-refractivity contribution in [3.8, 4) is 11.8 Å². The molecule has 15 heavy (non-hydrogen) atoms. The topological polar surface area (TPSA) is 33.1 Å². The number of hydrogen-bond acceptors (Lipinski definition) is 2. The van der Waals surface area contributed by atoms with Crippen molar-refractivity contribution in [2.45, 2.75) is 25.4 Å². The second-order valence-corrected chi connectivity index (χ2v) is 3.62. The first-order valence-corrected chi connectivity index (χ1v) is 5.16. The van der Waals surface area contributed by atoms with Gasteiger partial charge in [-0.3, -0.25) is 0 Å². The average Bonchev–Trinajstić information content (AvgIpc) is 2.28. The van der Waals surface area contributed by atoms with E-state index in [2.05, 4.69) is 16.8 Å².